The highest BCUT2D eigenvalue weighted by atomic mass is 19.1. The summed E-state index contributed by atoms with van der Waals surface area (Å²) in [5, 5.41) is 12.1. The molecule has 0 aliphatic heterocycles. The zero-order valence-electron chi connectivity index (χ0n) is 9.82. The number of aromatic hydroxyl groups is 1. The molecule has 2 aromatic carbocycles. The van der Waals surface area contributed by atoms with Gasteiger partial charge in [-0.15, -0.1) is 0 Å². The van der Waals surface area contributed by atoms with Crippen molar-refractivity contribution < 1.29 is 13.9 Å². The number of nitrogens with one attached hydrogen (secondary N) is 1. The van der Waals surface area contributed by atoms with E-state index in [2.05, 4.69) is 5.32 Å². The Morgan fingerprint density at radius 2 is 1.67 bits per heavy atom. The topological polar surface area (TPSA) is 32.3 Å². The molecule has 2 aromatic rings. The summed E-state index contributed by atoms with van der Waals surface area (Å²) in [5.41, 5.74) is 0.589. The van der Waals surface area contributed by atoms with Gasteiger partial charge < -0.3 is 10.4 Å². The van der Waals surface area contributed by atoms with Crippen LogP contribution in [-0.4, -0.2) is 5.11 Å². The number of benzene rings is 2. The summed E-state index contributed by atoms with van der Waals surface area (Å²) < 4.78 is 26.9. The van der Waals surface area contributed by atoms with E-state index < -0.39 is 11.6 Å². The van der Waals surface area contributed by atoms with E-state index in [1.165, 1.54) is 18.2 Å². The van der Waals surface area contributed by atoms with Crippen molar-refractivity contribution in [2.45, 2.75) is 13.0 Å². The van der Waals surface area contributed by atoms with Crippen LogP contribution in [0.25, 0.3) is 0 Å². The van der Waals surface area contributed by atoms with Crippen molar-refractivity contribution in [3.8, 4) is 5.75 Å². The number of phenolic OH excluding ortho intramolecular Hbond substituents is 1. The summed E-state index contributed by atoms with van der Waals surface area (Å²) in [4.78, 5) is 0. The smallest absolute Gasteiger partial charge is 0.149 e. The van der Waals surface area contributed by atoms with Crippen LogP contribution in [0.5, 0.6) is 5.75 Å². The van der Waals surface area contributed by atoms with Gasteiger partial charge in [0.05, 0.1) is 0 Å². The van der Waals surface area contributed by atoms with Gasteiger partial charge >= 0.3 is 0 Å². The first-order valence-electron chi connectivity index (χ1n) is 5.57. The molecule has 1 unspecified atom stereocenters. The summed E-state index contributed by atoms with van der Waals surface area (Å²) in [6.45, 7) is 1.76. The molecule has 18 heavy (non-hydrogen) atoms. The van der Waals surface area contributed by atoms with E-state index in [0.29, 0.717) is 0 Å². The van der Waals surface area contributed by atoms with Crippen LogP contribution < -0.4 is 5.32 Å². The van der Waals surface area contributed by atoms with Gasteiger partial charge in [0, 0.05) is 6.04 Å². The molecule has 2 nitrogen and oxygen atoms in total. The van der Waals surface area contributed by atoms with Crippen molar-refractivity contribution >= 4 is 5.69 Å². The third-order valence-electron chi connectivity index (χ3n) is 2.69. The second-order valence-electron chi connectivity index (χ2n) is 4.06. The molecule has 1 atom stereocenters. The minimum Gasteiger partial charge on any atom is -0.508 e. The molecule has 0 spiro atoms. The van der Waals surface area contributed by atoms with E-state index in [0.717, 1.165) is 5.56 Å². The maximum atomic E-state index is 13.5. The number of hydrogen-bond donors (Lipinski definition) is 2. The van der Waals surface area contributed by atoms with Gasteiger partial charge in [-0.1, -0.05) is 18.2 Å². The Balaban J connectivity index is 2.24. The Hall–Kier alpha value is -2.10. The third-order valence-corrected chi connectivity index (χ3v) is 2.69. The standard InChI is InChI=1S/C14H13F2NO/c1-9(10-4-2-5-11(18)8-10)17-14-12(15)6-3-7-13(14)16/h2-9,17-18H,1H3. The Bertz CT molecular complexity index is 537. The zero-order chi connectivity index (χ0) is 13.1. The Kier molecular flexibility index (Phi) is 3.46. The van der Waals surface area contributed by atoms with Crippen molar-refractivity contribution in [3.05, 3.63) is 59.7 Å². The van der Waals surface area contributed by atoms with Gasteiger partial charge in [-0.05, 0) is 36.8 Å². The van der Waals surface area contributed by atoms with Crippen molar-refractivity contribution in [2.24, 2.45) is 0 Å². The largest absolute Gasteiger partial charge is 0.508 e. The average molecular weight is 249 g/mol. The van der Waals surface area contributed by atoms with Crippen molar-refractivity contribution in [1.82, 2.24) is 0 Å². The quantitative estimate of drug-likeness (QED) is 0.866. The molecule has 0 saturated heterocycles. The van der Waals surface area contributed by atoms with Crippen LogP contribution in [0, 0.1) is 11.6 Å². The second-order valence-corrected chi connectivity index (χ2v) is 4.06. The minimum atomic E-state index is -0.637. The molecule has 2 rings (SSSR count). The molecule has 0 aromatic heterocycles. The molecular formula is C14H13F2NO. The SMILES string of the molecule is CC(Nc1c(F)cccc1F)c1cccc(O)c1. The number of phenols is 1. The van der Waals surface area contributed by atoms with Gasteiger partial charge in [-0.25, -0.2) is 8.78 Å². The predicted molar refractivity (Wildman–Crippen MR) is 66.5 cm³/mol. The van der Waals surface area contributed by atoms with Crippen LogP contribution in [0.1, 0.15) is 18.5 Å². The summed E-state index contributed by atoms with van der Waals surface area (Å²) in [6, 6.07) is 9.94. The maximum Gasteiger partial charge on any atom is 0.149 e. The molecule has 0 aliphatic carbocycles. The van der Waals surface area contributed by atoms with Crippen LogP contribution in [-0.2, 0) is 0 Å². The molecule has 0 bridgehead atoms. The zero-order valence-corrected chi connectivity index (χ0v) is 9.82. The Labute approximate surface area is 104 Å². The van der Waals surface area contributed by atoms with Crippen LogP contribution in [0.2, 0.25) is 0 Å². The first-order chi connectivity index (χ1) is 8.58. The van der Waals surface area contributed by atoms with E-state index in [1.807, 2.05) is 0 Å². The van der Waals surface area contributed by atoms with Crippen LogP contribution >= 0.6 is 0 Å². The Morgan fingerprint density at radius 1 is 1.06 bits per heavy atom. The third kappa shape index (κ3) is 2.59. The fourth-order valence-corrected chi connectivity index (χ4v) is 1.73. The highest BCUT2D eigenvalue weighted by Gasteiger charge is 2.12. The van der Waals surface area contributed by atoms with E-state index in [9.17, 15) is 13.9 Å². The van der Waals surface area contributed by atoms with Gasteiger partial charge in [0.2, 0.25) is 0 Å². The van der Waals surface area contributed by atoms with Crippen LogP contribution in [0.4, 0.5) is 14.5 Å². The monoisotopic (exact) mass is 249 g/mol. The lowest BCUT2D eigenvalue weighted by atomic mass is 10.1. The molecule has 2 N–H and O–H groups in total. The number of para-hydroxylation sites is 1. The molecule has 0 fully saturated rings. The number of anilines is 1. The number of halogens is 2. The molecule has 0 heterocycles. The summed E-state index contributed by atoms with van der Waals surface area (Å²) >= 11 is 0. The average Bonchev–Trinajstić information content (AvgIpc) is 2.34. The van der Waals surface area contributed by atoms with Gasteiger partial charge in [0.25, 0.3) is 0 Å². The van der Waals surface area contributed by atoms with Gasteiger partial charge in [0.1, 0.15) is 23.1 Å². The molecule has 94 valence electrons. The molecule has 4 heteroatoms. The maximum absolute atomic E-state index is 13.5. The molecule has 0 saturated carbocycles. The number of hydrogen-bond acceptors (Lipinski definition) is 2. The lowest BCUT2D eigenvalue weighted by Gasteiger charge is -2.16. The second kappa shape index (κ2) is 5.04. The Morgan fingerprint density at radius 3 is 2.28 bits per heavy atom. The van der Waals surface area contributed by atoms with Crippen molar-refractivity contribution in [2.75, 3.05) is 5.32 Å². The van der Waals surface area contributed by atoms with E-state index in [4.69, 9.17) is 0 Å². The molecule has 0 amide bonds. The van der Waals surface area contributed by atoms with Crippen molar-refractivity contribution in [3.63, 3.8) is 0 Å². The fourth-order valence-electron chi connectivity index (χ4n) is 1.73. The van der Waals surface area contributed by atoms with Crippen LogP contribution in [0.15, 0.2) is 42.5 Å². The van der Waals surface area contributed by atoms with Gasteiger partial charge in [-0.3, -0.25) is 0 Å². The minimum absolute atomic E-state index is 0.121. The first kappa shape index (κ1) is 12.4. The fraction of sp³-hybridized carbons (Fsp3) is 0.143. The highest BCUT2D eigenvalue weighted by Crippen LogP contribution is 2.25. The lowest BCUT2D eigenvalue weighted by Crippen LogP contribution is -2.09. The molecular weight excluding hydrogens is 236 g/mol. The van der Waals surface area contributed by atoms with E-state index in [-0.39, 0.29) is 17.5 Å². The summed E-state index contributed by atoms with van der Waals surface area (Å²) in [5.74, 6) is -1.15. The van der Waals surface area contributed by atoms with Gasteiger partial charge in [-0.2, -0.15) is 0 Å². The number of rotatable bonds is 3. The van der Waals surface area contributed by atoms with Crippen LogP contribution in [0.3, 0.4) is 0 Å². The normalized spacial score (nSPS) is 12.2. The molecule has 0 radical (unpaired) electrons. The summed E-state index contributed by atoms with van der Waals surface area (Å²) in [6.07, 6.45) is 0. The first-order valence-corrected chi connectivity index (χ1v) is 5.57. The molecule has 0 aliphatic rings. The van der Waals surface area contributed by atoms with Gasteiger partial charge in [0.15, 0.2) is 0 Å². The van der Waals surface area contributed by atoms with E-state index in [1.54, 1.807) is 31.2 Å². The van der Waals surface area contributed by atoms with E-state index >= 15 is 0 Å². The lowest BCUT2D eigenvalue weighted by molar-refractivity contribution is 0.474. The summed E-state index contributed by atoms with van der Waals surface area (Å²) in [7, 11) is 0. The predicted octanol–water partition coefficient (Wildman–Crippen LogP) is 3.84. The van der Waals surface area contributed by atoms with Crippen molar-refractivity contribution in [1.29, 1.82) is 0 Å². The highest BCUT2D eigenvalue weighted by molar-refractivity contribution is 5.48.